The number of amides is 1. The first-order chi connectivity index (χ1) is 15.8. The van der Waals surface area contributed by atoms with Crippen LogP contribution in [0.1, 0.15) is 5.56 Å². The molecule has 11 heteroatoms. The van der Waals surface area contributed by atoms with E-state index in [0.29, 0.717) is 23.4 Å². The number of aromatic nitrogens is 1. The molecule has 0 N–H and O–H groups in total. The molecule has 1 aliphatic rings. The number of rotatable bonds is 7. The molecule has 2 heterocycles. The van der Waals surface area contributed by atoms with Crippen molar-refractivity contribution in [2.24, 2.45) is 16.0 Å². The van der Waals surface area contributed by atoms with Gasteiger partial charge < -0.3 is 9.47 Å². The Balaban J connectivity index is 1.51. The molecule has 7 nitrogen and oxygen atoms in total. The molecule has 0 fully saturated rings. The monoisotopic (exact) mass is 476 g/mol. The van der Waals surface area contributed by atoms with Crippen LogP contribution in [-0.2, 0) is 11.2 Å². The lowest BCUT2D eigenvalue weighted by Crippen LogP contribution is -2.34. The number of aliphatic imine (C=N–C) groups is 1. The Labute approximate surface area is 191 Å². The van der Waals surface area contributed by atoms with Crippen LogP contribution >= 0.6 is 11.3 Å². The molecule has 1 aromatic heterocycles. The van der Waals surface area contributed by atoms with Crippen LogP contribution in [-0.4, -0.2) is 49.8 Å². The van der Waals surface area contributed by atoms with Crippen LogP contribution in [0.3, 0.4) is 0 Å². The van der Waals surface area contributed by atoms with Crippen LogP contribution in [0.25, 0.3) is 10.2 Å². The molecule has 0 saturated carbocycles. The molecule has 33 heavy (non-hydrogen) atoms. The number of hydrazone groups is 1. The minimum Gasteiger partial charge on any atom is -0.493 e. The van der Waals surface area contributed by atoms with E-state index in [1.807, 2.05) is 6.07 Å². The number of fused-ring (bicyclic) bond motifs is 1. The van der Waals surface area contributed by atoms with Gasteiger partial charge in [0.05, 0.1) is 24.4 Å². The second kappa shape index (κ2) is 9.18. The maximum Gasteiger partial charge on any atom is 0.432 e. The van der Waals surface area contributed by atoms with E-state index < -0.39 is 23.7 Å². The number of hydrogen-bond acceptors (Lipinski definition) is 7. The second-order valence-electron chi connectivity index (χ2n) is 7.07. The zero-order valence-corrected chi connectivity index (χ0v) is 18.5. The zero-order chi connectivity index (χ0) is 23.6. The minimum atomic E-state index is -4.78. The molecule has 4 rings (SSSR count). The lowest BCUT2D eigenvalue weighted by atomic mass is 10.0. The van der Waals surface area contributed by atoms with Crippen molar-refractivity contribution < 1.29 is 27.4 Å². The molecule has 0 bridgehead atoms. The van der Waals surface area contributed by atoms with E-state index >= 15 is 0 Å². The maximum absolute atomic E-state index is 13.6. The molecule has 0 radical (unpaired) electrons. The van der Waals surface area contributed by atoms with Crippen LogP contribution in [0.5, 0.6) is 11.5 Å². The third-order valence-corrected chi connectivity index (χ3v) is 5.98. The summed E-state index contributed by atoms with van der Waals surface area (Å²) in [6.07, 6.45) is -3.32. The summed E-state index contributed by atoms with van der Waals surface area (Å²) >= 11 is 1.10. The number of halogens is 3. The summed E-state index contributed by atoms with van der Waals surface area (Å²) in [4.78, 5) is 21.1. The average molecular weight is 476 g/mol. The number of benzene rings is 2. The second-order valence-corrected chi connectivity index (χ2v) is 8.08. The van der Waals surface area contributed by atoms with Gasteiger partial charge in [0.2, 0.25) is 5.13 Å². The number of anilines is 1. The van der Waals surface area contributed by atoms with Crippen molar-refractivity contribution in [1.29, 1.82) is 0 Å². The summed E-state index contributed by atoms with van der Waals surface area (Å²) in [6.45, 7) is 0.186. The van der Waals surface area contributed by atoms with Crippen molar-refractivity contribution in [3.8, 4) is 11.5 Å². The van der Waals surface area contributed by atoms with Gasteiger partial charge in [0.1, 0.15) is 5.92 Å². The number of methoxy groups -OCH3 is 2. The van der Waals surface area contributed by atoms with Gasteiger partial charge in [-0.05, 0) is 36.2 Å². The maximum atomic E-state index is 13.6. The van der Waals surface area contributed by atoms with E-state index in [-0.39, 0.29) is 11.7 Å². The molecule has 1 aliphatic heterocycles. The van der Waals surface area contributed by atoms with Crippen molar-refractivity contribution in [2.75, 3.05) is 25.8 Å². The van der Waals surface area contributed by atoms with Gasteiger partial charge in [-0.2, -0.15) is 23.3 Å². The standard InChI is InChI=1S/C22H19F3N4O3S/c1-31-16-8-7-13(11-17(16)32-2)9-10-26-12-14-19(22(23,24)25)28-29(20(14)30)21-27-15-5-3-4-6-18(15)33-21/h3-8,11-12,14H,9-10H2,1-2H3/t14-/m0/s1. The summed E-state index contributed by atoms with van der Waals surface area (Å²) in [5.41, 5.74) is 0.242. The third kappa shape index (κ3) is 4.68. The summed E-state index contributed by atoms with van der Waals surface area (Å²) in [7, 11) is 3.04. The van der Waals surface area contributed by atoms with Crippen molar-refractivity contribution in [3.63, 3.8) is 0 Å². The molecule has 0 saturated heterocycles. The topological polar surface area (TPSA) is 76.4 Å². The lowest BCUT2D eigenvalue weighted by Gasteiger charge is -2.10. The highest BCUT2D eigenvalue weighted by atomic mass is 32.1. The molecule has 172 valence electrons. The van der Waals surface area contributed by atoms with E-state index in [1.165, 1.54) is 14.2 Å². The number of thiazole rings is 1. The Morgan fingerprint density at radius 3 is 2.61 bits per heavy atom. The molecule has 1 atom stereocenters. The first-order valence-corrected chi connectivity index (χ1v) is 10.7. The Bertz CT molecular complexity index is 1210. The van der Waals surface area contributed by atoms with Gasteiger partial charge in [0.25, 0.3) is 5.91 Å². The number of alkyl halides is 3. The van der Waals surface area contributed by atoms with Crippen LogP contribution in [0.2, 0.25) is 0 Å². The van der Waals surface area contributed by atoms with Crippen molar-refractivity contribution in [2.45, 2.75) is 12.6 Å². The van der Waals surface area contributed by atoms with Gasteiger partial charge in [-0.3, -0.25) is 9.79 Å². The Kier molecular flexibility index (Phi) is 6.32. The number of hydrogen-bond donors (Lipinski definition) is 0. The summed E-state index contributed by atoms with van der Waals surface area (Å²) in [5, 5.41) is 4.38. The highest BCUT2D eigenvalue weighted by Crippen LogP contribution is 2.35. The summed E-state index contributed by atoms with van der Waals surface area (Å²) in [6, 6.07) is 12.4. The van der Waals surface area contributed by atoms with Gasteiger partial charge in [-0.15, -0.1) is 0 Å². The van der Waals surface area contributed by atoms with Gasteiger partial charge in [0, 0.05) is 12.8 Å². The van der Waals surface area contributed by atoms with Gasteiger partial charge in [0.15, 0.2) is 17.2 Å². The predicted octanol–water partition coefficient (Wildman–Crippen LogP) is 4.51. The normalized spacial score (nSPS) is 16.6. The number of para-hydroxylation sites is 1. The largest absolute Gasteiger partial charge is 0.493 e. The Morgan fingerprint density at radius 2 is 1.91 bits per heavy atom. The SMILES string of the molecule is COc1ccc(CCN=C[C@@H]2C(=O)N(c3nc4ccccc4s3)N=C2C(F)(F)F)cc1OC. The van der Waals surface area contributed by atoms with Crippen LogP contribution in [0, 0.1) is 5.92 Å². The highest BCUT2D eigenvalue weighted by molar-refractivity contribution is 7.22. The Morgan fingerprint density at radius 1 is 1.15 bits per heavy atom. The molecule has 3 aromatic rings. The zero-order valence-electron chi connectivity index (χ0n) is 17.7. The van der Waals surface area contributed by atoms with Gasteiger partial charge >= 0.3 is 6.18 Å². The van der Waals surface area contributed by atoms with Crippen molar-refractivity contribution >= 4 is 44.5 Å². The Hall–Kier alpha value is -3.47. The fourth-order valence-corrected chi connectivity index (χ4v) is 4.26. The van der Waals surface area contributed by atoms with Crippen molar-refractivity contribution in [3.05, 3.63) is 48.0 Å². The summed E-state index contributed by atoms with van der Waals surface area (Å²) in [5.74, 6) is -1.34. The van der Waals surface area contributed by atoms with Gasteiger partial charge in [-0.25, -0.2) is 4.98 Å². The average Bonchev–Trinajstić information content (AvgIpc) is 3.37. The molecule has 0 spiro atoms. The highest BCUT2D eigenvalue weighted by Gasteiger charge is 2.50. The van der Waals surface area contributed by atoms with Crippen LogP contribution in [0.4, 0.5) is 18.3 Å². The molecular formula is C22H19F3N4O3S. The van der Waals surface area contributed by atoms with E-state index in [2.05, 4.69) is 15.1 Å². The molecule has 0 aliphatic carbocycles. The van der Waals surface area contributed by atoms with E-state index in [1.54, 1.807) is 36.4 Å². The first kappa shape index (κ1) is 22.7. The van der Waals surface area contributed by atoms with Crippen molar-refractivity contribution in [1.82, 2.24) is 4.98 Å². The molecular weight excluding hydrogens is 457 g/mol. The van der Waals surface area contributed by atoms with E-state index in [0.717, 1.165) is 32.8 Å². The van der Waals surface area contributed by atoms with Gasteiger partial charge in [-0.1, -0.05) is 29.5 Å². The number of carbonyl (C=O) groups excluding carboxylic acids is 1. The van der Waals surface area contributed by atoms with E-state index in [4.69, 9.17) is 9.47 Å². The minimum absolute atomic E-state index is 0.0872. The van der Waals surface area contributed by atoms with Crippen LogP contribution in [0.15, 0.2) is 52.6 Å². The van der Waals surface area contributed by atoms with Crippen LogP contribution < -0.4 is 14.5 Å². The summed E-state index contributed by atoms with van der Waals surface area (Å²) < 4.78 is 52.0. The fraction of sp³-hybridized carbons (Fsp3) is 0.273. The lowest BCUT2D eigenvalue weighted by molar-refractivity contribution is -0.119. The predicted molar refractivity (Wildman–Crippen MR) is 121 cm³/mol. The number of ether oxygens (including phenoxy) is 2. The fourth-order valence-electron chi connectivity index (χ4n) is 3.33. The molecule has 1 amide bonds. The molecule has 2 aromatic carbocycles. The number of carbonyl (C=O) groups is 1. The first-order valence-electron chi connectivity index (χ1n) is 9.88. The molecule has 0 unspecified atom stereocenters. The van der Waals surface area contributed by atoms with E-state index in [9.17, 15) is 18.0 Å². The third-order valence-electron chi connectivity index (χ3n) is 4.96. The smallest absolute Gasteiger partial charge is 0.432 e. The number of nitrogens with zero attached hydrogens (tertiary/aromatic N) is 4. The quantitative estimate of drug-likeness (QED) is 0.471.